The van der Waals surface area contributed by atoms with Gasteiger partial charge in [0.25, 0.3) is 0 Å². The van der Waals surface area contributed by atoms with Crippen LogP contribution in [-0.4, -0.2) is 22.3 Å². The Bertz CT molecular complexity index is 220. The largest absolute Gasteiger partial charge is 0.466 e. The van der Waals surface area contributed by atoms with Gasteiger partial charge in [-0.2, -0.15) is 0 Å². The normalized spacial score (nSPS) is 15.6. The minimum Gasteiger partial charge on any atom is -0.466 e. The van der Waals surface area contributed by atoms with Crippen molar-refractivity contribution in [1.82, 2.24) is 0 Å². The zero-order valence-corrected chi connectivity index (χ0v) is 12.1. The monoisotopic (exact) mass is 268 g/mol. The Balaban J connectivity index is 3.74. The van der Waals surface area contributed by atoms with Gasteiger partial charge in [0.05, 0.1) is 6.61 Å². The smallest absolute Gasteiger partial charge is 0.302 e. The number of rotatable bonds is 7. The highest BCUT2D eigenvalue weighted by atomic mass is 35.5. The van der Waals surface area contributed by atoms with Gasteiger partial charge in [0.2, 0.25) is 0 Å². The lowest BCUT2D eigenvalue weighted by Gasteiger charge is -2.23. The summed E-state index contributed by atoms with van der Waals surface area (Å²) in [5.41, 5.74) is 0. The van der Waals surface area contributed by atoms with Gasteiger partial charge in [-0.3, -0.25) is 4.79 Å². The summed E-state index contributed by atoms with van der Waals surface area (Å²) < 4.78 is 4.88. The molecule has 0 N–H and O–H groups in total. The molecule has 0 aromatic rings. The standard InChI is InChI=1S/C12H22Cl2O2/c1-10(15)16-9-8-12(4,14)7-5-6-11(2,3)13/h5-9H2,1-4H3. The van der Waals surface area contributed by atoms with E-state index in [1.807, 2.05) is 20.8 Å². The van der Waals surface area contributed by atoms with Crippen LogP contribution in [0.15, 0.2) is 0 Å². The van der Waals surface area contributed by atoms with Gasteiger partial charge in [0.1, 0.15) is 0 Å². The average Bonchev–Trinajstić information content (AvgIpc) is 1.99. The molecular formula is C12H22Cl2O2. The van der Waals surface area contributed by atoms with Gasteiger partial charge in [0.15, 0.2) is 0 Å². The fraction of sp³-hybridized carbons (Fsp3) is 0.917. The Morgan fingerprint density at radius 1 is 1.12 bits per heavy atom. The lowest BCUT2D eigenvalue weighted by molar-refractivity contribution is -0.141. The number of carbonyl (C=O) groups excluding carboxylic acids is 1. The lowest BCUT2D eigenvalue weighted by Crippen LogP contribution is -2.21. The first-order valence-electron chi connectivity index (χ1n) is 5.64. The third-order valence-electron chi connectivity index (χ3n) is 2.40. The Hall–Kier alpha value is 0.0500. The highest BCUT2D eigenvalue weighted by Crippen LogP contribution is 2.29. The lowest BCUT2D eigenvalue weighted by atomic mass is 9.96. The van der Waals surface area contributed by atoms with Gasteiger partial charge in [0, 0.05) is 23.1 Å². The summed E-state index contributed by atoms with van der Waals surface area (Å²) >= 11 is 12.4. The number of halogens is 2. The zero-order valence-electron chi connectivity index (χ0n) is 10.6. The molecule has 4 heteroatoms. The molecule has 0 aromatic carbocycles. The molecule has 2 nitrogen and oxygen atoms in total. The van der Waals surface area contributed by atoms with Crippen LogP contribution in [0, 0.1) is 0 Å². The van der Waals surface area contributed by atoms with Crippen LogP contribution in [0.25, 0.3) is 0 Å². The minimum absolute atomic E-state index is 0.164. The molecular weight excluding hydrogens is 247 g/mol. The molecule has 16 heavy (non-hydrogen) atoms. The Labute approximate surface area is 109 Å². The molecule has 0 heterocycles. The van der Waals surface area contributed by atoms with Crippen molar-refractivity contribution in [3.8, 4) is 0 Å². The minimum atomic E-state index is -0.308. The van der Waals surface area contributed by atoms with Gasteiger partial charge >= 0.3 is 5.97 Å². The first kappa shape index (κ1) is 16.1. The number of ether oxygens (including phenoxy) is 1. The van der Waals surface area contributed by atoms with Crippen molar-refractivity contribution in [2.75, 3.05) is 6.61 Å². The number of alkyl halides is 2. The van der Waals surface area contributed by atoms with Gasteiger partial charge < -0.3 is 4.74 Å². The first-order chi connectivity index (χ1) is 7.12. The summed E-state index contributed by atoms with van der Waals surface area (Å²) in [5.74, 6) is -0.255. The molecule has 0 aromatic heterocycles. The van der Waals surface area contributed by atoms with Crippen molar-refractivity contribution in [2.45, 2.75) is 63.1 Å². The average molecular weight is 269 g/mol. The van der Waals surface area contributed by atoms with E-state index < -0.39 is 0 Å². The van der Waals surface area contributed by atoms with E-state index >= 15 is 0 Å². The molecule has 0 fully saturated rings. The summed E-state index contributed by atoms with van der Waals surface area (Å²) in [6.45, 7) is 7.76. The van der Waals surface area contributed by atoms with Crippen molar-refractivity contribution >= 4 is 29.2 Å². The molecule has 0 rings (SSSR count). The van der Waals surface area contributed by atoms with Crippen LogP contribution in [-0.2, 0) is 9.53 Å². The molecule has 1 atom stereocenters. The molecule has 96 valence electrons. The van der Waals surface area contributed by atoms with Gasteiger partial charge in [-0.15, -0.1) is 23.2 Å². The number of hydrogen-bond acceptors (Lipinski definition) is 2. The third kappa shape index (κ3) is 10.6. The second kappa shape index (κ2) is 6.70. The zero-order chi connectivity index (χ0) is 12.8. The highest BCUT2D eigenvalue weighted by molar-refractivity contribution is 6.24. The summed E-state index contributed by atoms with van der Waals surface area (Å²) in [5, 5.41) is 0. The molecule has 0 aliphatic heterocycles. The van der Waals surface area contributed by atoms with Crippen LogP contribution in [0.4, 0.5) is 0 Å². The van der Waals surface area contributed by atoms with Crippen LogP contribution in [0.3, 0.4) is 0 Å². The molecule has 0 spiro atoms. The molecule has 1 unspecified atom stereocenters. The third-order valence-corrected chi connectivity index (χ3v) is 2.96. The maximum atomic E-state index is 10.6. The van der Waals surface area contributed by atoms with Crippen molar-refractivity contribution in [1.29, 1.82) is 0 Å². The topological polar surface area (TPSA) is 26.3 Å². The second-order valence-electron chi connectivity index (χ2n) is 5.08. The maximum absolute atomic E-state index is 10.6. The second-order valence-corrected chi connectivity index (χ2v) is 7.01. The van der Waals surface area contributed by atoms with Crippen LogP contribution < -0.4 is 0 Å². The van der Waals surface area contributed by atoms with Gasteiger partial charge in [-0.05, 0) is 40.0 Å². The van der Waals surface area contributed by atoms with Crippen molar-refractivity contribution in [3.05, 3.63) is 0 Å². The Morgan fingerprint density at radius 3 is 2.12 bits per heavy atom. The quantitative estimate of drug-likeness (QED) is 0.513. The predicted octanol–water partition coefficient (Wildman–Crippen LogP) is 4.12. The van der Waals surface area contributed by atoms with Crippen LogP contribution in [0.1, 0.15) is 53.4 Å². The van der Waals surface area contributed by atoms with E-state index in [9.17, 15) is 4.79 Å². The highest BCUT2D eigenvalue weighted by Gasteiger charge is 2.22. The van der Waals surface area contributed by atoms with E-state index in [0.717, 1.165) is 19.3 Å². The van der Waals surface area contributed by atoms with Gasteiger partial charge in [-0.1, -0.05) is 0 Å². The van der Waals surface area contributed by atoms with Crippen molar-refractivity contribution in [2.24, 2.45) is 0 Å². The number of hydrogen-bond donors (Lipinski definition) is 0. The van der Waals surface area contributed by atoms with Crippen LogP contribution in [0.2, 0.25) is 0 Å². The summed E-state index contributed by atoms with van der Waals surface area (Å²) in [7, 11) is 0. The predicted molar refractivity (Wildman–Crippen MR) is 69.3 cm³/mol. The van der Waals surface area contributed by atoms with E-state index in [1.54, 1.807) is 0 Å². The SMILES string of the molecule is CC(=O)OCCC(C)(Cl)CCCC(C)(C)Cl. The van der Waals surface area contributed by atoms with Crippen LogP contribution >= 0.6 is 23.2 Å². The van der Waals surface area contributed by atoms with Crippen molar-refractivity contribution < 1.29 is 9.53 Å². The fourth-order valence-electron chi connectivity index (χ4n) is 1.41. The van der Waals surface area contributed by atoms with Crippen molar-refractivity contribution in [3.63, 3.8) is 0 Å². The molecule has 0 radical (unpaired) electrons. The fourth-order valence-corrected chi connectivity index (χ4v) is 1.75. The number of esters is 1. The molecule has 0 bridgehead atoms. The van der Waals surface area contributed by atoms with E-state index in [-0.39, 0.29) is 15.7 Å². The molecule has 0 saturated heterocycles. The van der Waals surface area contributed by atoms with E-state index in [4.69, 9.17) is 27.9 Å². The number of carbonyl (C=O) groups is 1. The molecule has 0 saturated carbocycles. The van der Waals surface area contributed by atoms with E-state index in [0.29, 0.717) is 13.0 Å². The summed E-state index contributed by atoms with van der Waals surface area (Å²) in [4.78, 5) is 10.1. The molecule has 0 amide bonds. The summed E-state index contributed by atoms with van der Waals surface area (Å²) in [6.07, 6.45) is 3.48. The van der Waals surface area contributed by atoms with E-state index in [2.05, 4.69) is 0 Å². The molecule has 0 aliphatic carbocycles. The molecule has 0 aliphatic rings. The Morgan fingerprint density at radius 2 is 1.69 bits per heavy atom. The van der Waals surface area contributed by atoms with E-state index in [1.165, 1.54) is 6.92 Å². The van der Waals surface area contributed by atoms with Crippen LogP contribution in [0.5, 0.6) is 0 Å². The first-order valence-corrected chi connectivity index (χ1v) is 6.39. The maximum Gasteiger partial charge on any atom is 0.302 e. The summed E-state index contributed by atoms with van der Waals surface area (Å²) in [6, 6.07) is 0. The van der Waals surface area contributed by atoms with Gasteiger partial charge in [-0.25, -0.2) is 0 Å². The Kier molecular flexibility index (Phi) is 6.73.